The van der Waals surface area contributed by atoms with Crippen LogP contribution < -0.4 is 9.62 Å². The Morgan fingerprint density at radius 1 is 0.889 bits per heavy atom. The summed E-state index contributed by atoms with van der Waals surface area (Å²) in [6.45, 7) is 3.79. The third kappa shape index (κ3) is 6.73. The Bertz CT molecular complexity index is 1250. The van der Waals surface area contributed by atoms with Crippen molar-refractivity contribution >= 4 is 43.5 Å². The van der Waals surface area contributed by atoms with E-state index in [4.69, 9.17) is 0 Å². The van der Waals surface area contributed by atoms with Gasteiger partial charge in [-0.1, -0.05) is 71.4 Å². The first kappa shape index (κ1) is 27.4. The van der Waals surface area contributed by atoms with E-state index in [2.05, 4.69) is 21.2 Å². The molecule has 1 atom stereocenters. The molecule has 0 aliphatic rings. The van der Waals surface area contributed by atoms with Crippen LogP contribution in [0, 0.1) is 0 Å². The van der Waals surface area contributed by atoms with Crippen molar-refractivity contribution in [2.24, 2.45) is 0 Å². The molecule has 0 fully saturated rings. The molecule has 190 valence electrons. The minimum Gasteiger partial charge on any atom is -0.355 e. The maximum absolute atomic E-state index is 13.8. The normalized spacial score (nSPS) is 12.0. The van der Waals surface area contributed by atoms with Gasteiger partial charge >= 0.3 is 0 Å². The number of rotatable bonds is 11. The smallest absolute Gasteiger partial charge is 0.264 e. The van der Waals surface area contributed by atoms with Gasteiger partial charge < -0.3 is 10.2 Å². The van der Waals surface area contributed by atoms with Gasteiger partial charge in [0.2, 0.25) is 11.8 Å². The molecule has 0 heterocycles. The van der Waals surface area contributed by atoms with Crippen LogP contribution in [-0.4, -0.2) is 44.3 Å². The molecule has 9 heteroatoms. The zero-order chi connectivity index (χ0) is 26.1. The van der Waals surface area contributed by atoms with Crippen molar-refractivity contribution in [3.05, 3.63) is 95.0 Å². The molecule has 3 aromatic carbocycles. The zero-order valence-corrected chi connectivity index (χ0v) is 22.7. The zero-order valence-electron chi connectivity index (χ0n) is 20.3. The van der Waals surface area contributed by atoms with Crippen LogP contribution in [0.25, 0.3) is 0 Å². The maximum atomic E-state index is 13.8. The van der Waals surface area contributed by atoms with Gasteiger partial charge in [0.05, 0.1) is 10.6 Å². The number of amides is 2. The molecule has 0 aromatic heterocycles. The average molecular weight is 573 g/mol. The number of benzene rings is 3. The van der Waals surface area contributed by atoms with Gasteiger partial charge in [-0.15, -0.1) is 0 Å². The molecule has 0 aliphatic carbocycles. The van der Waals surface area contributed by atoms with E-state index < -0.39 is 28.5 Å². The topological polar surface area (TPSA) is 86.8 Å². The third-order valence-electron chi connectivity index (χ3n) is 5.66. The molecule has 0 saturated carbocycles. The lowest BCUT2D eigenvalue weighted by Gasteiger charge is -2.33. The van der Waals surface area contributed by atoms with Crippen molar-refractivity contribution in [1.82, 2.24) is 10.2 Å². The van der Waals surface area contributed by atoms with Crippen molar-refractivity contribution in [2.75, 3.05) is 17.4 Å². The lowest BCUT2D eigenvalue weighted by molar-refractivity contribution is -0.140. The van der Waals surface area contributed by atoms with Crippen molar-refractivity contribution in [1.29, 1.82) is 0 Å². The van der Waals surface area contributed by atoms with E-state index in [0.717, 1.165) is 14.3 Å². The van der Waals surface area contributed by atoms with Crippen LogP contribution in [0.4, 0.5) is 5.69 Å². The van der Waals surface area contributed by atoms with Gasteiger partial charge in [0, 0.05) is 17.6 Å². The van der Waals surface area contributed by atoms with Crippen LogP contribution in [-0.2, 0) is 26.2 Å². The number of hydrogen-bond donors (Lipinski definition) is 1. The molecule has 3 aromatic rings. The summed E-state index contributed by atoms with van der Waals surface area (Å²) in [7, 11) is -4.06. The second kappa shape index (κ2) is 12.7. The van der Waals surface area contributed by atoms with Crippen molar-refractivity contribution in [3.63, 3.8) is 0 Å². The van der Waals surface area contributed by atoms with E-state index in [-0.39, 0.29) is 17.3 Å². The first-order valence-corrected chi connectivity index (χ1v) is 14.0. The highest BCUT2D eigenvalue weighted by Gasteiger charge is 2.33. The van der Waals surface area contributed by atoms with E-state index >= 15 is 0 Å². The van der Waals surface area contributed by atoms with Crippen molar-refractivity contribution in [3.8, 4) is 0 Å². The molecule has 36 heavy (non-hydrogen) atoms. The quantitative estimate of drug-likeness (QED) is 0.364. The Balaban J connectivity index is 2.03. The summed E-state index contributed by atoms with van der Waals surface area (Å²) >= 11 is 3.37. The number of carbonyl (C=O) groups excluding carboxylic acids is 2. The second-order valence-electron chi connectivity index (χ2n) is 8.13. The summed E-state index contributed by atoms with van der Waals surface area (Å²) in [5, 5.41) is 2.80. The number of likely N-dealkylation sites (N-methyl/N-ethyl adjacent to an activating group) is 1. The summed E-state index contributed by atoms with van der Waals surface area (Å²) < 4.78 is 29.2. The standard InChI is InChI=1S/C27H30BrN3O4S/c1-3-25(27(33)29-4-2)30(19-21-11-7-5-8-12-21)26(32)20-31(23-17-15-22(28)16-18-23)36(34,35)24-13-9-6-10-14-24/h5-18,25H,3-4,19-20H2,1-2H3,(H,29,33)/t25-/m0/s1. The Kier molecular flexibility index (Phi) is 9.66. The number of sulfonamides is 1. The fourth-order valence-electron chi connectivity index (χ4n) is 3.85. The van der Waals surface area contributed by atoms with Gasteiger partial charge in [0.1, 0.15) is 12.6 Å². The van der Waals surface area contributed by atoms with Crippen LogP contribution >= 0.6 is 15.9 Å². The Hall–Kier alpha value is -3.17. The van der Waals surface area contributed by atoms with E-state index in [1.165, 1.54) is 17.0 Å². The molecule has 1 N–H and O–H groups in total. The molecule has 7 nitrogen and oxygen atoms in total. The summed E-state index contributed by atoms with van der Waals surface area (Å²) in [6.07, 6.45) is 0.383. The summed E-state index contributed by atoms with van der Waals surface area (Å²) in [5.74, 6) is -0.746. The minimum atomic E-state index is -4.06. The van der Waals surface area contributed by atoms with E-state index in [1.54, 1.807) is 42.5 Å². The predicted molar refractivity (Wildman–Crippen MR) is 145 cm³/mol. The highest BCUT2D eigenvalue weighted by atomic mass is 79.9. The largest absolute Gasteiger partial charge is 0.355 e. The number of nitrogens with one attached hydrogen (secondary N) is 1. The predicted octanol–water partition coefficient (Wildman–Crippen LogP) is 4.59. The van der Waals surface area contributed by atoms with Crippen LogP contribution in [0.1, 0.15) is 25.8 Å². The summed E-state index contributed by atoms with van der Waals surface area (Å²) in [4.78, 5) is 28.2. The van der Waals surface area contributed by atoms with Crippen LogP contribution in [0.5, 0.6) is 0 Å². The van der Waals surface area contributed by atoms with Gasteiger partial charge in [0.15, 0.2) is 0 Å². The van der Waals surface area contributed by atoms with Crippen molar-refractivity contribution < 1.29 is 18.0 Å². The van der Waals surface area contributed by atoms with Gasteiger partial charge in [-0.3, -0.25) is 13.9 Å². The van der Waals surface area contributed by atoms with Crippen LogP contribution in [0.3, 0.4) is 0 Å². The molecule has 0 spiro atoms. The molecule has 0 radical (unpaired) electrons. The molecular formula is C27H30BrN3O4S. The second-order valence-corrected chi connectivity index (χ2v) is 10.9. The number of carbonyl (C=O) groups is 2. The lowest BCUT2D eigenvalue weighted by atomic mass is 10.1. The molecule has 0 saturated heterocycles. The Morgan fingerprint density at radius 3 is 2.03 bits per heavy atom. The molecule has 0 bridgehead atoms. The van der Waals surface area contributed by atoms with Crippen LogP contribution in [0.15, 0.2) is 94.3 Å². The van der Waals surface area contributed by atoms with Gasteiger partial charge in [-0.05, 0) is 55.3 Å². The SMILES string of the molecule is CCNC(=O)[C@H](CC)N(Cc1ccccc1)C(=O)CN(c1ccc(Br)cc1)S(=O)(=O)c1ccccc1. The Labute approximate surface area is 221 Å². The summed E-state index contributed by atoms with van der Waals surface area (Å²) in [6, 6.07) is 23.3. The number of anilines is 1. The molecule has 0 unspecified atom stereocenters. The molecule has 3 rings (SSSR count). The van der Waals surface area contributed by atoms with E-state index in [9.17, 15) is 18.0 Å². The monoisotopic (exact) mass is 571 g/mol. The van der Waals surface area contributed by atoms with Gasteiger partial charge in [-0.25, -0.2) is 8.42 Å². The number of halogens is 1. The van der Waals surface area contributed by atoms with E-state index in [0.29, 0.717) is 18.7 Å². The number of hydrogen-bond acceptors (Lipinski definition) is 4. The third-order valence-corrected chi connectivity index (χ3v) is 7.97. The van der Waals surface area contributed by atoms with E-state index in [1.807, 2.05) is 44.2 Å². The van der Waals surface area contributed by atoms with Crippen molar-refractivity contribution in [2.45, 2.75) is 37.8 Å². The fourth-order valence-corrected chi connectivity index (χ4v) is 5.55. The molecular weight excluding hydrogens is 542 g/mol. The average Bonchev–Trinajstić information content (AvgIpc) is 2.89. The first-order valence-electron chi connectivity index (χ1n) is 11.7. The lowest BCUT2D eigenvalue weighted by Crippen LogP contribution is -2.52. The number of nitrogens with zero attached hydrogens (tertiary/aromatic N) is 2. The van der Waals surface area contributed by atoms with Gasteiger partial charge in [-0.2, -0.15) is 0 Å². The Morgan fingerprint density at radius 2 is 1.47 bits per heavy atom. The first-order chi connectivity index (χ1) is 17.3. The maximum Gasteiger partial charge on any atom is 0.264 e. The molecule has 0 aliphatic heterocycles. The molecule has 2 amide bonds. The highest BCUT2D eigenvalue weighted by molar-refractivity contribution is 9.10. The fraction of sp³-hybridized carbons (Fsp3) is 0.259. The highest BCUT2D eigenvalue weighted by Crippen LogP contribution is 2.26. The van der Waals surface area contributed by atoms with Crippen LogP contribution in [0.2, 0.25) is 0 Å². The minimum absolute atomic E-state index is 0.0751. The summed E-state index contributed by atoms with van der Waals surface area (Å²) in [5.41, 5.74) is 1.19. The van der Waals surface area contributed by atoms with Gasteiger partial charge in [0.25, 0.3) is 10.0 Å².